The van der Waals surface area contributed by atoms with Crippen LogP contribution in [0.1, 0.15) is 25.5 Å². The standard InChI is InChI=1S/C19H25FN4O2/c1-4-23(5-2)10-11-24-12-15-16(18(24)25)17(21-19(26)22(15)3)13-6-8-14(20)9-7-13/h6-9,17H,4-5,10-12H2,1-3H3,(H,21,26)/t17-/m1/s1. The molecule has 0 unspecified atom stereocenters. The number of amides is 3. The Hall–Kier alpha value is -2.41. The maximum Gasteiger partial charge on any atom is 0.322 e. The van der Waals surface area contributed by atoms with Crippen LogP contribution in [0.5, 0.6) is 0 Å². The number of benzene rings is 1. The van der Waals surface area contributed by atoms with E-state index in [1.807, 2.05) is 0 Å². The molecule has 0 fully saturated rings. The van der Waals surface area contributed by atoms with Crippen molar-refractivity contribution in [3.8, 4) is 0 Å². The summed E-state index contributed by atoms with van der Waals surface area (Å²) in [5.41, 5.74) is 2.02. The van der Waals surface area contributed by atoms with Gasteiger partial charge in [-0.15, -0.1) is 0 Å². The molecular weight excluding hydrogens is 335 g/mol. The summed E-state index contributed by atoms with van der Waals surface area (Å²) >= 11 is 0. The van der Waals surface area contributed by atoms with Crippen molar-refractivity contribution in [1.82, 2.24) is 20.0 Å². The molecule has 7 heteroatoms. The Morgan fingerprint density at radius 2 is 1.85 bits per heavy atom. The molecule has 1 atom stereocenters. The fraction of sp³-hybridized carbons (Fsp3) is 0.474. The second-order valence-electron chi connectivity index (χ2n) is 6.61. The van der Waals surface area contributed by atoms with Crippen molar-refractivity contribution in [2.45, 2.75) is 19.9 Å². The number of hydrogen-bond donors (Lipinski definition) is 1. The molecule has 0 bridgehead atoms. The van der Waals surface area contributed by atoms with Gasteiger partial charge < -0.3 is 15.1 Å². The number of hydrogen-bond acceptors (Lipinski definition) is 3. The summed E-state index contributed by atoms with van der Waals surface area (Å²) in [6.07, 6.45) is 0. The Bertz CT molecular complexity index is 728. The molecule has 1 aromatic carbocycles. The number of nitrogens with zero attached hydrogens (tertiary/aromatic N) is 3. The minimum absolute atomic E-state index is 0.0617. The van der Waals surface area contributed by atoms with E-state index in [2.05, 4.69) is 24.1 Å². The summed E-state index contributed by atoms with van der Waals surface area (Å²) in [4.78, 5) is 30.9. The third-order valence-corrected chi connectivity index (χ3v) is 5.22. The molecule has 0 saturated carbocycles. The SMILES string of the molecule is CCN(CC)CCN1CC2=C(C1=O)[C@@H](c1ccc(F)cc1)NC(=O)N2C. The van der Waals surface area contributed by atoms with Crippen molar-refractivity contribution < 1.29 is 14.0 Å². The average molecular weight is 360 g/mol. The largest absolute Gasteiger partial charge is 0.332 e. The van der Waals surface area contributed by atoms with Gasteiger partial charge >= 0.3 is 6.03 Å². The van der Waals surface area contributed by atoms with Crippen LogP contribution in [0, 0.1) is 5.82 Å². The number of urea groups is 1. The van der Waals surface area contributed by atoms with Crippen molar-refractivity contribution in [1.29, 1.82) is 0 Å². The normalized spacial score (nSPS) is 20.1. The number of likely N-dealkylation sites (N-methyl/N-ethyl adjacent to an activating group) is 2. The van der Waals surface area contributed by atoms with Gasteiger partial charge in [-0.05, 0) is 30.8 Å². The second-order valence-corrected chi connectivity index (χ2v) is 6.61. The van der Waals surface area contributed by atoms with Crippen LogP contribution in [0.2, 0.25) is 0 Å². The summed E-state index contributed by atoms with van der Waals surface area (Å²) in [7, 11) is 1.67. The molecule has 0 saturated heterocycles. The van der Waals surface area contributed by atoms with Crippen molar-refractivity contribution in [2.24, 2.45) is 0 Å². The van der Waals surface area contributed by atoms with E-state index in [4.69, 9.17) is 0 Å². The molecule has 0 spiro atoms. The smallest absolute Gasteiger partial charge is 0.322 e. The zero-order valence-corrected chi connectivity index (χ0v) is 15.5. The molecule has 0 aromatic heterocycles. The topological polar surface area (TPSA) is 55.9 Å². The van der Waals surface area contributed by atoms with Gasteiger partial charge in [0.15, 0.2) is 0 Å². The van der Waals surface area contributed by atoms with Crippen molar-refractivity contribution >= 4 is 11.9 Å². The molecule has 2 heterocycles. The number of carbonyl (C=O) groups excluding carboxylic acids is 2. The summed E-state index contributed by atoms with van der Waals surface area (Å²) in [6.45, 7) is 7.90. The first-order valence-corrected chi connectivity index (χ1v) is 9.00. The van der Waals surface area contributed by atoms with Crippen LogP contribution in [0.25, 0.3) is 0 Å². The van der Waals surface area contributed by atoms with Crippen molar-refractivity contribution in [2.75, 3.05) is 39.8 Å². The minimum Gasteiger partial charge on any atom is -0.332 e. The highest BCUT2D eigenvalue weighted by Gasteiger charge is 2.42. The van der Waals surface area contributed by atoms with Gasteiger partial charge in [-0.1, -0.05) is 26.0 Å². The summed E-state index contributed by atoms with van der Waals surface area (Å²) in [6, 6.07) is 5.12. The molecule has 2 aliphatic rings. The molecule has 26 heavy (non-hydrogen) atoms. The van der Waals surface area contributed by atoms with E-state index in [0.29, 0.717) is 24.2 Å². The van der Waals surface area contributed by atoms with E-state index < -0.39 is 6.04 Å². The number of carbonyl (C=O) groups is 2. The van der Waals surface area contributed by atoms with Gasteiger partial charge in [0.05, 0.1) is 23.9 Å². The number of halogens is 1. The first kappa shape index (κ1) is 18.4. The van der Waals surface area contributed by atoms with Gasteiger partial charge in [0.2, 0.25) is 0 Å². The number of rotatable bonds is 6. The molecule has 1 N–H and O–H groups in total. The van der Waals surface area contributed by atoms with E-state index in [9.17, 15) is 14.0 Å². The van der Waals surface area contributed by atoms with Crippen LogP contribution in [-0.4, -0.2) is 66.4 Å². The zero-order chi connectivity index (χ0) is 18.8. The third kappa shape index (κ3) is 3.31. The Morgan fingerprint density at radius 1 is 1.19 bits per heavy atom. The highest BCUT2D eigenvalue weighted by atomic mass is 19.1. The van der Waals surface area contributed by atoms with E-state index in [0.717, 1.165) is 25.3 Å². The lowest BCUT2D eigenvalue weighted by Crippen LogP contribution is -2.45. The Kier molecular flexibility index (Phi) is 5.27. The highest BCUT2D eigenvalue weighted by Crippen LogP contribution is 2.35. The van der Waals surface area contributed by atoms with Gasteiger partial charge in [0, 0.05) is 20.1 Å². The van der Waals surface area contributed by atoms with Crippen LogP contribution >= 0.6 is 0 Å². The molecule has 1 aromatic rings. The van der Waals surface area contributed by atoms with E-state index in [1.165, 1.54) is 17.0 Å². The highest BCUT2D eigenvalue weighted by molar-refractivity contribution is 6.01. The molecule has 0 aliphatic carbocycles. The molecule has 3 amide bonds. The number of nitrogens with one attached hydrogen (secondary N) is 1. The average Bonchev–Trinajstić information content (AvgIpc) is 2.97. The van der Waals surface area contributed by atoms with Gasteiger partial charge in [-0.25, -0.2) is 9.18 Å². The fourth-order valence-electron chi connectivity index (χ4n) is 3.51. The van der Waals surface area contributed by atoms with Gasteiger partial charge in [-0.2, -0.15) is 0 Å². The lowest BCUT2D eigenvalue weighted by atomic mass is 9.96. The predicted molar refractivity (Wildman–Crippen MR) is 96.8 cm³/mol. The zero-order valence-electron chi connectivity index (χ0n) is 15.5. The summed E-state index contributed by atoms with van der Waals surface area (Å²) < 4.78 is 13.3. The van der Waals surface area contributed by atoms with E-state index >= 15 is 0 Å². The molecule has 2 aliphatic heterocycles. The molecule has 0 radical (unpaired) electrons. The van der Waals surface area contributed by atoms with Crippen molar-refractivity contribution in [3.63, 3.8) is 0 Å². The lowest BCUT2D eigenvalue weighted by Gasteiger charge is -2.31. The Morgan fingerprint density at radius 3 is 2.46 bits per heavy atom. The Labute approximate surface area is 153 Å². The quantitative estimate of drug-likeness (QED) is 0.844. The second kappa shape index (κ2) is 7.45. The van der Waals surface area contributed by atoms with Crippen LogP contribution in [-0.2, 0) is 4.79 Å². The first-order valence-electron chi connectivity index (χ1n) is 9.00. The summed E-state index contributed by atoms with van der Waals surface area (Å²) in [5, 5.41) is 2.86. The van der Waals surface area contributed by atoms with Gasteiger partial charge in [0.1, 0.15) is 5.82 Å². The van der Waals surface area contributed by atoms with Gasteiger partial charge in [-0.3, -0.25) is 9.69 Å². The van der Waals surface area contributed by atoms with Gasteiger partial charge in [0.25, 0.3) is 5.91 Å². The minimum atomic E-state index is -0.541. The maximum absolute atomic E-state index is 13.3. The molecule has 6 nitrogen and oxygen atoms in total. The van der Waals surface area contributed by atoms with Crippen LogP contribution < -0.4 is 5.32 Å². The lowest BCUT2D eigenvalue weighted by molar-refractivity contribution is -0.126. The monoisotopic (exact) mass is 360 g/mol. The maximum atomic E-state index is 13.3. The van der Waals surface area contributed by atoms with E-state index in [1.54, 1.807) is 24.1 Å². The third-order valence-electron chi connectivity index (χ3n) is 5.22. The molecule has 140 valence electrons. The van der Waals surface area contributed by atoms with Crippen molar-refractivity contribution in [3.05, 3.63) is 46.9 Å². The summed E-state index contributed by atoms with van der Waals surface area (Å²) in [5.74, 6) is -0.408. The van der Waals surface area contributed by atoms with Crippen LogP contribution in [0.15, 0.2) is 35.5 Å². The van der Waals surface area contributed by atoms with E-state index in [-0.39, 0.29) is 17.8 Å². The predicted octanol–water partition coefficient (Wildman–Crippen LogP) is 1.96. The van der Waals surface area contributed by atoms with Crippen LogP contribution in [0.3, 0.4) is 0 Å². The fourth-order valence-corrected chi connectivity index (χ4v) is 3.51. The first-order chi connectivity index (χ1) is 12.5. The Balaban J connectivity index is 1.85. The van der Waals surface area contributed by atoms with Crippen LogP contribution in [0.4, 0.5) is 9.18 Å². The molecule has 3 rings (SSSR count). The molecular formula is C19H25FN4O2.